The van der Waals surface area contributed by atoms with Crippen LogP contribution in [-0.4, -0.2) is 21.3 Å². The normalized spacial score (nSPS) is 12.0. The lowest BCUT2D eigenvalue weighted by atomic mass is 9.89. The van der Waals surface area contributed by atoms with Crippen LogP contribution in [0.25, 0.3) is 0 Å². The summed E-state index contributed by atoms with van der Waals surface area (Å²) < 4.78 is 2.02. The lowest BCUT2D eigenvalue weighted by Crippen LogP contribution is -2.18. The van der Waals surface area contributed by atoms with Gasteiger partial charge in [0.2, 0.25) is 0 Å². The Morgan fingerprint density at radius 1 is 1.54 bits per heavy atom. The third-order valence-electron chi connectivity index (χ3n) is 2.37. The Labute approximate surface area is 79.4 Å². The fraction of sp³-hybridized carbons (Fsp3) is 0.700. The van der Waals surface area contributed by atoms with E-state index in [4.69, 9.17) is 5.11 Å². The Morgan fingerprint density at radius 3 is 2.69 bits per heavy atom. The average molecular weight is 182 g/mol. The summed E-state index contributed by atoms with van der Waals surface area (Å²) in [5.74, 6) is 1.08. The zero-order valence-corrected chi connectivity index (χ0v) is 8.62. The first-order valence-corrected chi connectivity index (χ1v) is 4.62. The molecule has 1 heterocycles. The van der Waals surface area contributed by atoms with Gasteiger partial charge in [0, 0.05) is 32.5 Å². The Bertz CT molecular complexity index is 266. The molecule has 0 amide bonds. The van der Waals surface area contributed by atoms with Crippen molar-refractivity contribution in [2.24, 2.45) is 12.5 Å². The number of hydrogen-bond donors (Lipinski definition) is 1. The second kappa shape index (κ2) is 3.92. The highest BCUT2D eigenvalue weighted by atomic mass is 16.3. The molecule has 3 heteroatoms. The van der Waals surface area contributed by atoms with E-state index in [-0.39, 0.29) is 12.0 Å². The first-order valence-electron chi connectivity index (χ1n) is 4.62. The highest BCUT2D eigenvalue weighted by molar-refractivity contribution is 4.92. The number of imidazole rings is 1. The maximum absolute atomic E-state index is 9.06. The molecule has 0 saturated carbocycles. The molecular formula is C10H18N2O. The zero-order valence-electron chi connectivity index (χ0n) is 8.62. The van der Waals surface area contributed by atoms with Gasteiger partial charge >= 0.3 is 0 Å². The molecule has 1 aromatic rings. The van der Waals surface area contributed by atoms with Crippen molar-refractivity contribution in [2.45, 2.75) is 26.7 Å². The van der Waals surface area contributed by atoms with Gasteiger partial charge in [-0.2, -0.15) is 0 Å². The maximum Gasteiger partial charge on any atom is 0.108 e. The summed E-state index contributed by atoms with van der Waals surface area (Å²) in [7, 11) is 1.99. The molecule has 0 fully saturated rings. The summed E-state index contributed by atoms with van der Waals surface area (Å²) in [6, 6.07) is 0. The van der Waals surface area contributed by atoms with Crippen LogP contribution in [0.2, 0.25) is 0 Å². The van der Waals surface area contributed by atoms with Crippen LogP contribution >= 0.6 is 0 Å². The number of rotatable bonds is 4. The van der Waals surface area contributed by atoms with E-state index >= 15 is 0 Å². The predicted molar refractivity (Wildman–Crippen MR) is 52.4 cm³/mol. The standard InChI is InChI=1S/C10H18N2O/c1-10(2,8-13)5-4-9-11-6-7-12(9)3/h6-7,13H,4-5,8H2,1-3H3. The maximum atomic E-state index is 9.06. The van der Waals surface area contributed by atoms with Crippen molar-refractivity contribution in [1.29, 1.82) is 0 Å². The molecule has 3 nitrogen and oxygen atoms in total. The topological polar surface area (TPSA) is 38.0 Å². The Morgan fingerprint density at radius 2 is 2.23 bits per heavy atom. The van der Waals surface area contributed by atoms with Crippen LogP contribution in [0.4, 0.5) is 0 Å². The van der Waals surface area contributed by atoms with Gasteiger partial charge in [-0.25, -0.2) is 4.98 Å². The van der Waals surface area contributed by atoms with Crippen LogP contribution in [0.1, 0.15) is 26.1 Å². The van der Waals surface area contributed by atoms with Gasteiger partial charge < -0.3 is 9.67 Å². The second-order valence-electron chi connectivity index (χ2n) is 4.28. The molecule has 0 aliphatic rings. The number of aliphatic hydroxyl groups is 1. The summed E-state index contributed by atoms with van der Waals surface area (Å²) in [6.07, 6.45) is 5.65. The van der Waals surface area contributed by atoms with Crippen molar-refractivity contribution >= 4 is 0 Å². The molecule has 0 radical (unpaired) electrons. The number of aromatic nitrogens is 2. The van der Waals surface area contributed by atoms with E-state index in [0.29, 0.717) is 0 Å². The van der Waals surface area contributed by atoms with Crippen LogP contribution < -0.4 is 0 Å². The van der Waals surface area contributed by atoms with Crippen molar-refractivity contribution in [3.8, 4) is 0 Å². The summed E-state index contributed by atoms with van der Waals surface area (Å²) in [6.45, 7) is 4.36. The van der Waals surface area contributed by atoms with Gasteiger partial charge in [0.1, 0.15) is 5.82 Å². The van der Waals surface area contributed by atoms with Gasteiger partial charge in [0.15, 0.2) is 0 Å². The summed E-state index contributed by atoms with van der Waals surface area (Å²) >= 11 is 0. The summed E-state index contributed by atoms with van der Waals surface area (Å²) in [5, 5.41) is 9.06. The molecule has 0 atom stereocenters. The molecule has 0 saturated heterocycles. The number of aliphatic hydroxyl groups excluding tert-OH is 1. The van der Waals surface area contributed by atoms with Gasteiger partial charge in [0.25, 0.3) is 0 Å². The van der Waals surface area contributed by atoms with E-state index in [1.54, 1.807) is 6.20 Å². The van der Waals surface area contributed by atoms with Gasteiger partial charge in [0.05, 0.1) is 0 Å². The Balaban J connectivity index is 2.48. The van der Waals surface area contributed by atoms with Crippen LogP contribution in [0.3, 0.4) is 0 Å². The van der Waals surface area contributed by atoms with Crippen LogP contribution in [0.15, 0.2) is 12.4 Å². The van der Waals surface area contributed by atoms with Crippen LogP contribution in [0.5, 0.6) is 0 Å². The Kier molecular flexibility index (Phi) is 3.09. The first-order chi connectivity index (χ1) is 6.05. The quantitative estimate of drug-likeness (QED) is 0.763. The average Bonchev–Trinajstić information content (AvgIpc) is 2.48. The van der Waals surface area contributed by atoms with Crippen molar-refractivity contribution in [2.75, 3.05) is 6.61 Å². The monoisotopic (exact) mass is 182 g/mol. The van der Waals surface area contributed by atoms with Crippen LogP contribution in [0, 0.1) is 5.41 Å². The largest absolute Gasteiger partial charge is 0.396 e. The molecule has 0 aliphatic carbocycles. The smallest absolute Gasteiger partial charge is 0.108 e. The minimum atomic E-state index is 0.00590. The van der Waals surface area contributed by atoms with Crippen molar-refractivity contribution in [3.63, 3.8) is 0 Å². The highest BCUT2D eigenvalue weighted by Crippen LogP contribution is 2.20. The molecule has 1 rings (SSSR count). The minimum Gasteiger partial charge on any atom is -0.396 e. The van der Waals surface area contributed by atoms with E-state index in [2.05, 4.69) is 18.8 Å². The fourth-order valence-corrected chi connectivity index (χ4v) is 1.17. The third-order valence-corrected chi connectivity index (χ3v) is 2.37. The fourth-order valence-electron chi connectivity index (χ4n) is 1.17. The van der Waals surface area contributed by atoms with E-state index in [0.717, 1.165) is 18.7 Å². The third kappa shape index (κ3) is 2.84. The summed E-state index contributed by atoms with van der Waals surface area (Å²) in [4.78, 5) is 4.23. The molecule has 1 aromatic heterocycles. The van der Waals surface area contributed by atoms with Crippen molar-refractivity contribution < 1.29 is 5.11 Å². The molecule has 1 N–H and O–H groups in total. The van der Waals surface area contributed by atoms with Crippen molar-refractivity contribution in [3.05, 3.63) is 18.2 Å². The second-order valence-corrected chi connectivity index (χ2v) is 4.28. The number of nitrogens with zero attached hydrogens (tertiary/aromatic N) is 2. The van der Waals surface area contributed by atoms with Gasteiger partial charge in [-0.3, -0.25) is 0 Å². The molecule has 0 aliphatic heterocycles. The van der Waals surface area contributed by atoms with E-state index in [9.17, 15) is 0 Å². The van der Waals surface area contributed by atoms with Gasteiger partial charge in [-0.05, 0) is 11.8 Å². The summed E-state index contributed by atoms with van der Waals surface area (Å²) in [5.41, 5.74) is 0.00590. The molecule has 74 valence electrons. The predicted octanol–water partition coefficient (Wildman–Crippen LogP) is 1.37. The van der Waals surface area contributed by atoms with Crippen molar-refractivity contribution in [1.82, 2.24) is 9.55 Å². The molecular weight excluding hydrogens is 164 g/mol. The SMILES string of the molecule is Cn1ccnc1CCC(C)(C)CO. The van der Waals surface area contributed by atoms with E-state index < -0.39 is 0 Å². The van der Waals surface area contributed by atoms with Crippen LogP contribution in [-0.2, 0) is 13.5 Å². The highest BCUT2D eigenvalue weighted by Gasteiger charge is 2.16. The number of hydrogen-bond acceptors (Lipinski definition) is 2. The first kappa shape index (κ1) is 10.3. The van der Waals surface area contributed by atoms with E-state index in [1.165, 1.54) is 0 Å². The molecule has 0 unspecified atom stereocenters. The molecule has 13 heavy (non-hydrogen) atoms. The van der Waals surface area contributed by atoms with Gasteiger partial charge in [-0.15, -0.1) is 0 Å². The van der Waals surface area contributed by atoms with E-state index in [1.807, 2.05) is 17.8 Å². The number of aryl methyl sites for hydroxylation is 2. The molecule has 0 aromatic carbocycles. The minimum absolute atomic E-state index is 0.00590. The van der Waals surface area contributed by atoms with Gasteiger partial charge in [-0.1, -0.05) is 13.8 Å². The Hall–Kier alpha value is -0.830. The molecule has 0 spiro atoms. The lowest BCUT2D eigenvalue weighted by molar-refractivity contribution is 0.150. The lowest BCUT2D eigenvalue weighted by Gasteiger charge is -2.20. The zero-order chi connectivity index (χ0) is 9.90. The molecule has 0 bridgehead atoms.